The summed E-state index contributed by atoms with van der Waals surface area (Å²) in [6, 6.07) is 0. The molecule has 0 aromatic carbocycles. The summed E-state index contributed by atoms with van der Waals surface area (Å²) in [4.78, 5) is 14.2. The summed E-state index contributed by atoms with van der Waals surface area (Å²) < 4.78 is 4.79. The zero-order valence-electron chi connectivity index (χ0n) is 7.36. The van der Waals surface area contributed by atoms with Gasteiger partial charge in [0.05, 0.1) is 18.6 Å². The lowest BCUT2D eigenvalue weighted by atomic mass is 10.1. The van der Waals surface area contributed by atoms with Crippen LogP contribution in [0.15, 0.2) is 23.8 Å². The molecule has 0 atom stereocenters. The molecule has 1 rings (SSSR count). The van der Waals surface area contributed by atoms with E-state index in [1.54, 1.807) is 25.2 Å². The van der Waals surface area contributed by atoms with E-state index >= 15 is 0 Å². The lowest BCUT2D eigenvalue weighted by Gasteiger charge is -2.03. The minimum absolute atomic E-state index is 0.337. The van der Waals surface area contributed by atoms with Crippen LogP contribution in [0.4, 0.5) is 0 Å². The fraction of sp³-hybridized carbons (Fsp3) is 0.333. The first-order valence-corrected chi connectivity index (χ1v) is 4.04. The Labute approximate surface area is 76.1 Å². The summed E-state index contributed by atoms with van der Waals surface area (Å²) in [7, 11) is 0. The van der Waals surface area contributed by atoms with Crippen molar-refractivity contribution >= 4 is 11.7 Å². The molecule has 13 heavy (non-hydrogen) atoms. The Morgan fingerprint density at radius 2 is 2.46 bits per heavy atom. The second-order valence-electron chi connectivity index (χ2n) is 2.51. The van der Waals surface area contributed by atoms with Gasteiger partial charge in [0.2, 0.25) is 0 Å². The molecule has 1 aliphatic carbocycles. The third-order valence-electron chi connectivity index (χ3n) is 1.63. The molecule has 4 heteroatoms. The van der Waals surface area contributed by atoms with E-state index in [1.807, 2.05) is 0 Å². The van der Waals surface area contributed by atoms with E-state index in [1.165, 1.54) is 0 Å². The lowest BCUT2D eigenvalue weighted by molar-refractivity contribution is -0.138. The third kappa shape index (κ3) is 2.39. The summed E-state index contributed by atoms with van der Waals surface area (Å²) in [5, 5.41) is 0. The van der Waals surface area contributed by atoms with E-state index in [0.29, 0.717) is 24.3 Å². The van der Waals surface area contributed by atoms with Gasteiger partial charge in [-0.05, 0) is 13.0 Å². The third-order valence-corrected chi connectivity index (χ3v) is 1.63. The molecule has 68 valence electrons. The van der Waals surface area contributed by atoms with Gasteiger partial charge in [0.15, 0.2) is 0 Å². The first kappa shape index (κ1) is 9.42. The van der Waals surface area contributed by atoms with E-state index in [0.717, 1.165) is 0 Å². The Kier molecular flexibility index (Phi) is 3.17. The Morgan fingerprint density at radius 1 is 1.69 bits per heavy atom. The monoisotopic (exact) mass is 178 g/mol. The molecule has 1 aliphatic rings. The molecular weight excluding hydrogens is 168 g/mol. The number of rotatable bonds is 2. The molecule has 0 spiro atoms. The SMILES string of the molecule is CCOC(=O)C1=CCC(=[N+]=[N-])C=C1. The van der Waals surface area contributed by atoms with Crippen molar-refractivity contribution in [1.29, 1.82) is 0 Å². The van der Waals surface area contributed by atoms with Crippen molar-refractivity contribution in [3.05, 3.63) is 29.3 Å². The van der Waals surface area contributed by atoms with Crippen molar-refractivity contribution in [2.75, 3.05) is 6.61 Å². The Bertz CT molecular complexity index is 323. The molecule has 0 fully saturated rings. The molecular formula is C9H10N2O2. The number of esters is 1. The standard InChI is InChI=1S/C9H10N2O2/c1-2-13-9(12)7-3-5-8(11-10)6-4-7/h3-5H,2,6H2,1H3. The van der Waals surface area contributed by atoms with Crippen LogP contribution in [0.25, 0.3) is 5.53 Å². The molecule has 0 aliphatic heterocycles. The fourth-order valence-corrected chi connectivity index (χ4v) is 0.977. The predicted molar refractivity (Wildman–Crippen MR) is 47.1 cm³/mol. The van der Waals surface area contributed by atoms with Crippen molar-refractivity contribution in [3.8, 4) is 0 Å². The average Bonchev–Trinajstić information content (AvgIpc) is 2.18. The predicted octanol–water partition coefficient (Wildman–Crippen LogP) is 1.11. The number of ether oxygens (including phenoxy) is 1. The average molecular weight is 178 g/mol. The van der Waals surface area contributed by atoms with Crippen LogP contribution < -0.4 is 0 Å². The molecule has 0 N–H and O–H groups in total. The van der Waals surface area contributed by atoms with Gasteiger partial charge in [-0.3, -0.25) is 0 Å². The number of nitrogens with zero attached hydrogens (tertiary/aromatic N) is 2. The number of carbonyl (C=O) groups excluding carboxylic acids is 1. The van der Waals surface area contributed by atoms with Crippen LogP contribution in [-0.2, 0) is 9.53 Å². The highest BCUT2D eigenvalue weighted by atomic mass is 16.5. The second-order valence-corrected chi connectivity index (χ2v) is 2.51. The molecule has 0 saturated carbocycles. The molecule has 0 unspecified atom stereocenters. The summed E-state index contributed by atoms with van der Waals surface area (Å²) in [5.74, 6) is -0.337. The number of hydrogen-bond acceptors (Lipinski definition) is 2. The Morgan fingerprint density at radius 3 is 2.92 bits per heavy atom. The Balaban J connectivity index is 2.67. The first-order chi connectivity index (χ1) is 6.27. The summed E-state index contributed by atoms with van der Waals surface area (Å²) in [6.45, 7) is 2.12. The molecule has 0 saturated heterocycles. The maximum Gasteiger partial charge on any atom is 0.337 e. The largest absolute Gasteiger partial charge is 0.462 e. The zero-order chi connectivity index (χ0) is 9.68. The Hall–Kier alpha value is -1.67. The molecule has 0 amide bonds. The summed E-state index contributed by atoms with van der Waals surface area (Å²) in [6.07, 6.45) is 5.30. The van der Waals surface area contributed by atoms with Crippen molar-refractivity contribution < 1.29 is 14.3 Å². The van der Waals surface area contributed by atoms with Crippen LogP contribution >= 0.6 is 0 Å². The number of hydrogen-bond donors (Lipinski definition) is 0. The van der Waals surface area contributed by atoms with E-state index in [4.69, 9.17) is 10.3 Å². The smallest absolute Gasteiger partial charge is 0.337 e. The number of carbonyl (C=O) groups is 1. The molecule has 0 aromatic rings. The quantitative estimate of drug-likeness (QED) is 0.361. The minimum atomic E-state index is -0.337. The van der Waals surface area contributed by atoms with E-state index in [2.05, 4.69) is 4.79 Å². The highest BCUT2D eigenvalue weighted by molar-refractivity contribution is 6.00. The maximum absolute atomic E-state index is 11.1. The van der Waals surface area contributed by atoms with Gasteiger partial charge in [-0.1, -0.05) is 6.08 Å². The number of allylic oxidation sites excluding steroid dienone is 2. The first-order valence-electron chi connectivity index (χ1n) is 4.04. The van der Waals surface area contributed by atoms with Crippen molar-refractivity contribution in [2.45, 2.75) is 13.3 Å². The van der Waals surface area contributed by atoms with Gasteiger partial charge in [-0.2, -0.15) is 4.79 Å². The maximum atomic E-state index is 11.1. The van der Waals surface area contributed by atoms with Gasteiger partial charge >= 0.3 is 5.97 Å². The van der Waals surface area contributed by atoms with Gasteiger partial charge in [0.25, 0.3) is 5.71 Å². The van der Waals surface area contributed by atoms with Crippen molar-refractivity contribution in [3.63, 3.8) is 0 Å². The molecule has 0 bridgehead atoms. The van der Waals surface area contributed by atoms with E-state index < -0.39 is 0 Å². The molecule has 0 radical (unpaired) electrons. The van der Waals surface area contributed by atoms with Crippen molar-refractivity contribution in [1.82, 2.24) is 0 Å². The van der Waals surface area contributed by atoms with Crippen molar-refractivity contribution in [2.24, 2.45) is 0 Å². The van der Waals surface area contributed by atoms with Gasteiger partial charge in [0, 0.05) is 6.08 Å². The highest BCUT2D eigenvalue weighted by Crippen LogP contribution is 2.08. The van der Waals surface area contributed by atoms with E-state index in [-0.39, 0.29) is 5.97 Å². The highest BCUT2D eigenvalue weighted by Gasteiger charge is 2.13. The second kappa shape index (κ2) is 4.38. The van der Waals surface area contributed by atoms with Gasteiger partial charge < -0.3 is 10.3 Å². The van der Waals surface area contributed by atoms with E-state index in [9.17, 15) is 4.79 Å². The van der Waals surface area contributed by atoms with Crippen LogP contribution in [0.5, 0.6) is 0 Å². The summed E-state index contributed by atoms with van der Waals surface area (Å²) in [5.41, 5.74) is 9.45. The van der Waals surface area contributed by atoms with Gasteiger partial charge in [-0.15, -0.1) is 0 Å². The van der Waals surface area contributed by atoms with Crippen LogP contribution in [0.1, 0.15) is 13.3 Å². The normalized spacial score (nSPS) is 14.8. The van der Waals surface area contributed by atoms with Crippen LogP contribution in [0.3, 0.4) is 0 Å². The molecule has 0 heterocycles. The van der Waals surface area contributed by atoms with Crippen LogP contribution in [0.2, 0.25) is 0 Å². The fourth-order valence-electron chi connectivity index (χ4n) is 0.977. The molecule has 4 nitrogen and oxygen atoms in total. The molecule has 0 aromatic heterocycles. The topological polar surface area (TPSA) is 62.7 Å². The van der Waals surface area contributed by atoms with Crippen LogP contribution in [0, 0.1) is 0 Å². The lowest BCUT2D eigenvalue weighted by Crippen LogP contribution is -2.09. The van der Waals surface area contributed by atoms with Gasteiger partial charge in [-0.25, -0.2) is 4.79 Å². The zero-order valence-corrected chi connectivity index (χ0v) is 7.36. The van der Waals surface area contributed by atoms with Gasteiger partial charge in [0.1, 0.15) is 0 Å². The summed E-state index contributed by atoms with van der Waals surface area (Å²) >= 11 is 0. The van der Waals surface area contributed by atoms with Crippen LogP contribution in [-0.4, -0.2) is 23.1 Å². The minimum Gasteiger partial charge on any atom is -0.462 e.